The first-order chi connectivity index (χ1) is 10.5. The number of nitrogens with one attached hydrogen (secondary N) is 1. The largest absolute Gasteiger partial charge is 0.309 e. The first-order valence-electron chi connectivity index (χ1n) is 6.16. The third-order valence-electron chi connectivity index (χ3n) is 2.75. The summed E-state index contributed by atoms with van der Waals surface area (Å²) in [5.41, 5.74) is 0.672. The van der Waals surface area contributed by atoms with Gasteiger partial charge in [0, 0.05) is 17.0 Å². The van der Waals surface area contributed by atoms with Gasteiger partial charge in [-0.3, -0.25) is 5.32 Å². The Morgan fingerprint density at radius 2 is 2.23 bits per heavy atom. The minimum Gasteiger partial charge on any atom is -0.309 e. The predicted molar refractivity (Wildman–Crippen MR) is 90.7 cm³/mol. The smallest absolute Gasteiger partial charge is 0.195 e. The zero-order chi connectivity index (χ0) is 16.1. The molecule has 2 aromatic rings. The number of hydrogen-bond acceptors (Lipinski definition) is 6. The van der Waals surface area contributed by atoms with Gasteiger partial charge in [-0.05, 0) is 43.1 Å². The zero-order valence-corrected chi connectivity index (χ0v) is 14.6. The van der Waals surface area contributed by atoms with Crippen LogP contribution in [0.15, 0.2) is 33.2 Å². The number of hydrogen-bond donors (Lipinski definition) is 1. The zero-order valence-electron chi connectivity index (χ0n) is 12.2. The predicted octanol–water partition coefficient (Wildman–Crippen LogP) is 3.35. The molecule has 0 bridgehead atoms. The highest BCUT2D eigenvalue weighted by Gasteiger charge is 2.11. The first kappa shape index (κ1) is 16.7. The van der Waals surface area contributed by atoms with E-state index in [0.717, 1.165) is 15.9 Å². The Morgan fingerprint density at radius 1 is 1.45 bits per heavy atom. The Hall–Kier alpha value is -1.69. The maximum absolute atomic E-state index is 8.74. The fourth-order valence-electron chi connectivity index (χ4n) is 1.52. The molecule has 0 aliphatic rings. The van der Waals surface area contributed by atoms with Crippen molar-refractivity contribution >= 4 is 46.0 Å². The number of nitrogens with zero attached hydrogens (tertiary/aromatic N) is 5. The summed E-state index contributed by atoms with van der Waals surface area (Å²) in [5.74, 6) is 0.831. The molecule has 0 aliphatic heterocycles. The summed E-state index contributed by atoms with van der Waals surface area (Å²) in [6, 6.07) is 5.42. The Bertz CT molecular complexity index is 749. The molecule has 0 unspecified atom stereocenters. The van der Waals surface area contributed by atoms with Gasteiger partial charge in [0.25, 0.3) is 0 Å². The van der Waals surface area contributed by atoms with Crippen molar-refractivity contribution in [3.05, 3.63) is 29.0 Å². The minimum atomic E-state index is 0.501. The summed E-state index contributed by atoms with van der Waals surface area (Å²) < 4.78 is 1.90. The van der Waals surface area contributed by atoms with Crippen LogP contribution in [-0.2, 0) is 7.05 Å². The maximum atomic E-state index is 8.74. The molecule has 0 atom stereocenters. The number of benzene rings is 1. The van der Waals surface area contributed by atoms with Crippen molar-refractivity contribution in [2.75, 3.05) is 6.26 Å². The molecule has 0 radical (unpaired) electrons. The van der Waals surface area contributed by atoms with E-state index >= 15 is 0 Å². The average Bonchev–Trinajstić information content (AvgIpc) is 2.81. The molecule has 0 saturated carbocycles. The molecule has 1 aromatic heterocycles. The number of aliphatic imine (C=N–C) groups is 1. The topological polar surface area (TPSA) is 78.9 Å². The lowest BCUT2D eigenvalue weighted by atomic mass is 10.3. The molecule has 22 heavy (non-hydrogen) atoms. The summed E-state index contributed by atoms with van der Waals surface area (Å²) in [4.78, 5) is 5.32. The highest BCUT2D eigenvalue weighted by molar-refractivity contribution is 8.13. The molecule has 6 nitrogen and oxygen atoms in total. The SMILES string of the molecule is CSC(=Nc1cc(Cl)ccc1Sc1nnc(C)n1C)NC#N. The molecule has 114 valence electrons. The highest BCUT2D eigenvalue weighted by Crippen LogP contribution is 2.36. The number of halogens is 1. The molecule has 0 amide bonds. The third-order valence-corrected chi connectivity index (χ3v) is 4.67. The maximum Gasteiger partial charge on any atom is 0.195 e. The summed E-state index contributed by atoms with van der Waals surface area (Å²) in [6.45, 7) is 1.89. The van der Waals surface area contributed by atoms with Gasteiger partial charge in [-0.15, -0.1) is 10.2 Å². The second kappa shape index (κ2) is 7.54. The van der Waals surface area contributed by atoms with Crippen LogP contribution in [0.4, 0.5) is 5.69 Å². The van der Waals surface area contributed by atoms with Gasteiger partial charge in [0.2, 0.25) is 0 Å². The van der Waals surface area contributed by atoms with E-state index in [0.29, 0.717) is 15.9 Å². The van der Waals surface area contributed by atoms with E-state index in [1.807, 2.05) is 37.1 Å². The van der Waals surface area contributed by atoms with E-state index in [1.54, 1.807) is 12.1 Å². The van der Waals surface area contributed by atoms with Crippen LogP contribution in [0.2, 0.25) is 5.02 Å². The van der Waals surface area contributed by atoms with Gasteiger partial charge in [0.05, 0.1) is 5.69 Å². The van der Waals surface area contributed by atoms with E-state index in [-0.39, 0.29) is 0 Å². The number of thioether (sulfide) groups is 1. The Morgan fingerprint density at radius 3 is 2.82 bits per heavy atom. The molecule has 9 heteroatoms. The molecule has 2 rings (SSSR count). The number of aromatic nitrogens is 3. The first-order valence-corrected chi connectivity index (χ1v) is 8.58. The van der Waals surface area contributed by atoms with Crippen molar-refractivity contribution in [2.45, 2.75) is 17.0 Å². The van der Waals surface area contributed by atoms with Crippen LogP contribution in [0.1, 0.15) is 5.82 Å². The summed E-state index contributed by atoms with van der Waals surface area (Å²) in [7, 11) is 1.90. The average molecular weight is 353 g/mol. The monoisotopic (exact) mass is 352 g/mol. The lowest BCUT2D eigenvalue weighted by Crippen LogP contribution is -2.12. The third kappa shape index (κ3) is 3.94. The second-order valence-electron chi connectivity index (χ2n) is 4.16. The number of amidine groups is 1. The normalized spacial score (nSPS) is 11.3. The molecule has 1 aromatic carbocycles. The van der Waals surface area contributed by atoms with Gasteiger partial charge < -0.3 is 4.57 Å². The standard InChI is InChI=1S/C13H13ClN6S2/c1-8-18-19-13(20(8)2)22-11-5-4-9(14)6-10(11)17-12(21-3)16-7-15/h4-6H,1-3H3,(H,16,17). The van der Waals surface area contributed by atoms with Crippen molar-refractivity contribution in [1.82, 2.24) is 20.1 Å². The van der Waals surface area contributed by atoms with Crippen molar-refractivity contribution in [3.63, 3.8) is 0 Å². The van der Waals surface area contributed by atoms with Crippen molar-refractivity contribution in [2.24, 2.45) is 12.0 Å². The molecule has 0 aliphatic carbocycles. The van der Waals surface area contributed by atoms with Crippen LogP contribution in [0.3, 0.4) is 0 Å². The van der Waals surface area contributed by atoms with Gasteiger partial charge in [-0.1, -0.05) is 23.4 Å². The molecule has 1 N–H and O–H groups in total. The van der Waals surface area contributed by atoms with Gasteiger partial charge in [0.1, 0.15) is 5.82 Å². The molecular formula is C13H13ClN6S2. The summed E-state index contributed by atoms with van der Waals surface area (Å²) in [5, 5.41) is 21.3. The molecular weight excluding hydrogens is 340 g/mol. The van der Waals surface area contributed by atoms with Gasteiger partial charge in [-0.2, -0.15) is 5.26 Å². The Balaban J connectivity index is 2.40. The van der Waals surface area contributed by atoms with Gasteiger partial charge in [-0.25, -0.2) is 4.99 Å². The van der Waals surface area contributed by atoms with E-state index in [1.165, 1.54) is 23.5 Å². The van der Waals surface area contributed by atoms with E-state index in [4.69, 9.17) is 16.9 Å². The van der Waals surface area contributed by atoms with Crippen LogP contribution in [0.25, 0.3) is 0 Å². The fraction of sp³-hybridized carbons (Fsp3) is 0.231. The van der Waals surface area contributed by atoms with E-state index in [2.05, 4.69) is 20.5 Å². The lowest BCUT2D eigenvalue weighted by Gasteiger charge is -2.07. The number of rotatable bonds is 3. The van der Waals surface area contributed by atoms with E-state index in [9.17, 15) is 0 Å². The lowest BCUT2D eigenvalue weighted by molar-refractivity contribution is 0.765. The summed E-state index contributed by atoms with van der Waals surface area (Å²) in [6.07, 6.45) is 3.71. The Labute approximate surface area is 142 Å². The van der Waals surface area contributed by atoms with Crippen LogP contribution in [-0.4, -0.2) is 26.2 Å². The van der Waals surface area contributed by atoms with Crippen molar-refractivity contribution in [3.8, 4) is 6.19 Å². The Kier molecular flexibility index (Phi) is 5.71. The van der Waals surface area contributed by atoms with Crippen LogP contribution < -0.4 is 5.32 Å². The number of nitriles is 1. The van der Waals surface area contributed by atoms with Crippen LogP contribution >= 0.6 is 35.1 Å². The van der Waals surface area contributed by atoms with Gasteiger partial charge >= 0.3 is 0 Å². The van der Waals surface area contributed by atoms with Crippen molar-refractivity contribution < 1.29 is 0 Å². The van der Waals surface area contributed by atoms with Crippen LogP contribution in [0, 0.1) is 18.4 Å². The number of aryl methyl sites for hydroxylation is 1. The molecule has 0 spiro atoms. The quantitative estimate of drug-likeness (QED) is 0.395. The molecule has 1 heterocycles. The van der Waals surface area contributed by atoms with Crippen LogP contribution in [0.5, 0.6) is 0 Å². The summed E-state index contributed by atoms with van der Waals surface area (Å²) >= 11 is 8.85. The second-order valence-corrected chi connectivity index (χ2v) is 6.40. The molecule has 0 fully saturated rings. The molecule has 0 saturated heterocycles. The van der Waals surface area contributed by atoms with Crippen molar-refractivity contribution in [1.29, 1.82) is 5.26 Å². The van der Waals surface area contributed by atoms with E-state index < -0.39 is 0 Å². The minimum absolute atomic E-state index is 0.501. The van der Waals surface area contributed by atoms with Gasteiger partial charge in [0.15, 0.2) is 16.5 Å². The fourth-order valence-corrected chi connectivity index (χ4v) is 2.92. The highest BCUT2D eigenvalue weighted by atomic mass is 35.5.